The van der Waals surface area contributed by atoms with Gasteiger partial charge >= 0.3 is 0 Å². The minimum Gasteiger partial charge on any atom is -0.489 e. The summed E-state index contributed by atoms with van der Waals surface area (Å²) in [5.74, 6) is -1.27. The van der Waals surface area contributed by atoms with Gasteiger partial charge in [0.05, 0.1) is 18.1 Å². The van der Waals surface area contributed by atoms with Crippen molar-refractivity contribution in [3.8, 4) is 5.75 Å². The molecule has 1 aromatic heterocycles. The summed E-state index contributed by atoms with van der Waals surface area (Å²) < 4.78 is 20.5. The average molecular weight is 534 g/mol. The summed E-state index contributed by atoms with van der Waals surface area (Å²) in [5.41, 5.74) is 3.60. The molecule has 2 amide bonds. The summed E-state index contributed by atoms with van der Waals surface area (Å²) in [6.07, 6.45) is 4.58. The van der Waals surface area contributed by atoms with E-state index >= 15 is 0 Å². The van der Waals surface area contributed by atoms with Gasteiger partial charge in [0.15, 0.2) is 0 Å². The molecule has 8 heteroatoms. The zero-order chi connectivity index (χ0) is 27.8. The van der Waals surface area contributed by atoms with Gasteiger partial charge in [-0.3, -0.25) is 14.6 Å². The number of hydrogen-bond donors (Lipinski definition) is 2. The van der Waals surface area contributed by atoms with E-state index in [4.69, 9.17) is 4.74 Å². The van der Waals surface area contributed by atoms with Gasteiger partial charge in [0.25, 0.3) is 0 Å². The maximum atomic E-state index is 14.6. The van der Waals surface area contributed by atoms with E-state index < -0.39 is 23.9 Å². The molecule has 0 saturated carbocycles. The van der Waals surface area contributed by atoms with Gasteiger partial charge in [-0.25, -0.2) is 4.39 Å². The Hall–Kier alpha value is -3.78. The number of aryl methyl sites for hydroxylation is 1. The molecule has 0 radical (unpaired) electrons. The number of likely N-dealkylation sites (tertiary alicyclic amines) is 1. The molecule has 2 aromatic carbocycles. The number of pyridine rings is 1. The summed E-state index contributed by atoms with van der Waals surface area (Å²) in [6, 6.07) is 15.2. The largest absolute Gasteiger partial charge is 0.489 e. The van der Waals surface area contributed by atoms with Crippen molar-refractivity contribution in [2.45, 2.75) is 64.8 Å². The quantitative estimate of drug-likeness (QED) is 0.385. The fraction of sp³-hybridized carbons (Fsp3) is 0.387. The van der Waals surface area contributed by atoms with Crippen molar-refractivity contribution >= 4 is 11.8 Å². The van der Waals surface area contributed by atoms with E-state index in [1.165, 1.54) is 19.1 Å². The summed E-state index contributed by atoms with van der Waals surface area (Å²) in [7, 11) is 0. The molecule has 206 valence electrons. The van der Waals surface area contributed by atoms with Crippen LogP contribution in [0.2, 0.25) is 0 Å². The number of carbonyl (C=O) groups excluding carboxylic acids is 2. The fourth-order valence-electron chi connectivity index (χ4n) is 5.20. The van der Waals surface area contributed by atoms with Crippen LogP contribution in [0.15, 0.2) is 67.0 Å². The topological polar surface area (TPSA) is 91.8 Å². The highest BCUT2D eigenvalue weighted by atomic mass is 19.1. The molecule has 1 aliphatic heterocycles. The molecule has 39 heavy (non-hydrogen) atoms. The highest BCUT2D eigenvalue weighted by molar-refractivity contribution is 5.80. The Morgan fingerprint density at radius 1 is 1.18 bits per heavy atom. The number of aliphatic hydroxyl groups is 1. The summed E-state index contributed by atoms with van der Waals surface area (Å²) in [6.45, 7) is 4.75. The minimum absolute atomic E-state index is 0.139. The van der Waals surface area contributed by atoms with Crippen molar-refractivity contribution in [1.82, 2.24) is 15.2 Å². The van der Waals surface area contributed by atoms with Crippen molar-refractivity contribution in [1.29, 1.82) is 0 Å². The first-order valence-corrected chi connectivity index (χ1v) is 13.5. The Morgan fingerprint density at radius 2 is 1.97 bits per heavy atom. The van der Waals surface area contributed by atoms with Crippen LogP contribution < -0.4 is 10.1 Å². The van der Waals surface area contributed by atoms with Crippen LogP contribution in [0.1, 0.15) is 48.9 Å². The molecule has 0 spiro atoms. The lowest BCUT2D eigenvalue weighted by Crippen LogP contribution is -2.53. The lowest BCUT2D eigenvalue weighted by molar-refractivity contribution is -0.145. The monoisotopic (exact) mass is 533 g/mol. The number of rotatable bonds is 11. The second-order valence-corrected chi connectivity index (χ2v) is 10.1. The number of carbonyl (C=O) groups is 2. The van der Waals surface area contributed by atoms with Crippen LogP contribution in [0.3, 0.4) is 0 Å². The minimum atomic E-state index is -1.13. The number of ether oxygens (including phenoxy) is 1. The number of piperidine rings is 1. The molecule has 4 rings (SSSR count). The van der Waals surface area contributed by atoms with Crippen molar-refractivity contribution in [3.63, 3.8) is 0 Å². The number of nitrogens with zero attached hydrogens (tertiary/aromatic N) is 2. The van der Waals surface area contributed by atoms with Crippen molar-refractivity contribution in [2.24, 2.45) is 5.92 Å². The Balaban J connectivity index is 1.48. The molecule has 7 nitrogen and oxygen atoms in total. The van der Waals surface area contributed by atoms with Crippen LogP contribution in [0.25, 0.3) is 0 Å². The summed E-state index contributed by atoms with van der Waals surface area (Å²) in [5, 5.41) is 14.1. The molecule has 1 aliphatic rings. The maximum Gasteiger partial charge on any atom is 0.228 e. The van der Waals surface area contributed by atoms with E-state index in [0.717, 1.165) is 29.5 Å². The lowest BCUT2D eigenvalue weighted by Gasteiger charge is -2.37. The molecule has 2 heterocycles. The number of hydrogen-bond acceptors (Lipinski definition) is 5. The van der Waals surface area contributed by atoms with Gasteiger partial charge in [0, 0.05) is 38.5 Å². The van der Waals surface area contributed by atoms with E-state index in [-0.39, 0.29) is 24.8 Å². The second-order valence-electron chi connectivity index (χ2n) is 10.1. The van der Waals surface area contributed by atoms with E-state index in [1.54, 1.807) is 23.4 Å². The van der Waals surface area contributed by atoms with Gasteiger partial charge in [-0.1, -0.05) is 37.3 Å². The summed E-state index contributed by atoms with van der Waals surface area (Å²) >= 11 is 0. The third kappa shape index (κ3) is 7.63. The normalized spacial score (nSPS) is 17.0. The van der Waals surface area contributed by atoms with E-state index in [1.807, 2.05) is 43.3 Å². The van der Waals surface area contributed by atoms with E-state index in [2.05, 4.69) is 10.3 Å². The standard InChI is InChI=1S/C31H36FN3O4/c1-3-24-18-33-12-11-25(24)20-39-27-15-23(14-26(32)17-27)16-29(34-21(2)36)30(37)28-10-7-13-35(31(28)38)19-22-8-5-4-6-9-22/h4-6,8-9,11-12,14-15,17-18,28-30,37H,3,7,10,13,16,19-20H2,1-2H3,(H,34,36)/t28-,29-,30+/m0/s1. The molecular formula is C31H36FN3O4. The average Bonchev–Trinajstić information content (AvgIpc) is 2.92. The molecule has 2 N–H and O–H groups in total. The van der Waals surface area contributed by atoms with Gasteiger partial charge < -0.3 is 20.1 Å². The SMILES string of the molecule is CCc1cnccc1COc1cc(F)cc(C[C@H](NC(C)=O)[C@H](O)[C@@H]2CCCN(Cc3ccccc3)C2=O)c1. The van der Waals surface area contributed by atoms with Gasteiger partial charge in [-0.15, -0.1) is 0 Å². The predicted octanol–water partition coefficient (Wildman–Crippen LogP) is 4.21. The first-order chi connectivity index (χ1) is 18.8. The lowest BCUT2D eigenvalue weighted by atomic mass is 9.85. The Kier molecular flexibility index (Phi) is 9.65. The number of aliphatic hydroxyl groups excluding tert-OH is 1. The van der Waals surface area contributed by atoms with Crippen LogP contribution in [0, 0.1) is 11.7 Å². The third-order valence-corrected chi connectivity index (χ3v) is 7.17. The molecule has 1 fully saturated rings. The van der Waals surface area contributed by atoms with Crippen molar-refractivity contribution < 1.29 is 23.8 Å². The molecule has 3 aromatic rings. The zero-order valence-electron chi connectivity index (χ0n) is 22.5. The first-order valence-electron chi connectivity index (χ1n) is 13.5. The van der Waals surface area contributed by atoms with Gasteiger partial charge in [-0.2, -0.15) is 0 Å². The van der Waals surface area contributed by atoms with Gasteiger partial charge in [0.1, 0.15) is 18.2 Å². The smallest absolute Gasteiger partial charge is 0.228 e. The fourth-order valence-corrected chi connectivity index (χ4v) is 5.20. The number of aromatic nitrogens is 1. The van der Waals surface area contributed by atoms with E-state index in [0.29, 0.717) is 30.8 Å². The van der Waals surface area contributed by atoms with Crippen molar-refractivity contribution in [3.05, 3.63) is 95.1 Å². The molecule has 1 saturated heterocycles. The number of amides is 2. The molecule has 3 atom stereocenters. The van der Waals surface area contributed by atoms with Crippen LogP contribution in [-0.4, -0.2) is 45.5 Å². The van der Waals surface area contributed by atoms with Crippen molar-refractivity contribution in [2.75, 3.05) is 6.54 Å². The third-order valence-electron chi connectivity index (χ3n) is 7.17. The van der Waals surface area contributed by atoms with Gasteiger partial charge in [-0.05, 0) is 66.1 Å². The predicted molar refractivity (Wildman–Crippen MR) is 146 cm³/mol. The maximum absolute atomic E-state index is 14.6. The molecule has 0 unspecified atom stereocenters. The Labute approximate surface area is 229 Å². The number of nitrogens with one attached hydrogen (secondary N) is 1. The van der Waals surface area contributed by atoms with Crippen LogP contribution in [0.4, 0.5) is 4.39 Å². The zero-order valence-corrected chi connectivity index (χ0v) is 22.5. The number of halogens is 1. The van der Waals surface area contributed by atoms with Crippen LogP contribution >= 0.6 is 0 Å². The Bertz CT molecular complexity index is 1270. The van der Waals surface area contributed by atoms with Gasteiger partial charge in [0.2, 0.25) is 11.8 Å². The highest BCUT2D eigenvalue weighted by Gasteiger charge is 2.38. The molecular weight excluding hydrogens is 497 g/mol. The number of benzene rings is 2. The molecule has 0 aliphatic carbocycles. The van der Waals surface area contributed by atoms with Crippen LogP contribution in [0.5, 0.6) is 5.75 Å². The highest BCUT2D eigenvalue weighted by Crippen LogP contribution is 2.27. The van der Waals surface area contributed by atoms with E-state index in [9.17, 15) is 19.1 Å². The Morgan fingerprint density at radius 3 is 2.72 bits per heavy atom. The summed E-state index contributed by atoms with van der Waals surface area (Å²) in [4.78, 5) is 31.3. The first kappa shape index (κ1) is 28.2. The molecule has 0 bridgehead atoms. The second kappa shape index (κ2) is 13.3. The van der Waals surface area contributed by atoms with Crippen LogP contribution in [-0.2, 0) is 35.6 Å².